The summed E-state index contributed by atoms with van der Waals surface area (Å²) < 4.78 is 1.89. The van der Waals surface area contributed by atoms with Gasteiger partial charge in [0, 0.05) is 31.5 Å². The minimum absolute atomic E-state index is 0.502. The third-order valence-electron chi connectivity index (χ3n) is 3.55. The van der Waals surface area contributed by atoms with E-state index in [1.807, 2.05) is 10.6 Å². The minimum Gasteiger partial charge on any atom is -0.382 e. The van der Waals surface area contributed by atoms with Gasteiger partial charge < -0.3 is 15.5 Å². The van der Waals surface area contributed by atoms with Gasteiger partial charge in [-0.3, -0.25) is 4.90 Å². The van der Waals surface area contributed by atoms with E-state index in [1.165, 1.54) is 12.8 Å². The van der Waals surface area contributed by atoms with Crippen molar-refractivity contribution in [1.82, 2.24) is 19.3 Å². The van der Waals surface area contributed by atoms with Gasteiger partial charge in [0.2, 0.25) is 0 Å². The molecule has 0 atom stereocenters. The molecule has 2 aromatic rings. The summed E-state index contributed by atoms with van der Waals surface area (Å²) in [6.45, 7) is 5.22. The number of aromatic nitrogens is 3. The lowest BCUT2D eigenvalue weighted by Crippen LogP contribution is -2.31. The fraction of sp³-hybridized carbons (Fsp3) is 0.538. The fourth-order valence-electron chi connectivity index (χ4n) is 2.43. The normalized spacial score (nSPS) is 15.3. The van der Waals surface area contributed by atoms with Crippen molar-refractivity contribution in [2.24, 2.45) is 0 Å². The van der Waals surface area contributed by atoms with E-state index in [0.29, 0.717) is 5.82 Å². The molecular formula is C13H20N6. The van der Waals surface area contributed by atoms with Gasteiger partial charge in [0.25, 0.3) is 0 Å². The van der Waals surface area contributed by atoms with Crippen molar-refractivity contribution < 1.29 is 0 Å². The van der Waals surface area contributed by atoms with Gasteiger partial charge in [0.1, 0.15) is 5.82 Å². The highest BCUT2D eigenvalue weighted by Crippen LogP contribution is 2.26. The van der Waals surface area contributed by atoms with E-state index < -0.39 is 0 Å². The summed E-state index contributed by atoms with van der Waals surface area (Å²) in [7, 11) is 0. The number of nitrogens with zero attached hydrogens (tertiary/aromatic N) is 4. The highest BCUT2D eigenvalue weighted by atomic mass is 15.2. The highest BCUT2D eigenvalue weighted by molar-refractivity contribution is 5.64. The topological polar surface area (TPSA) is 71.5 Å². The zero-order chi connectivity index (χ0) is 13.2. The Balaban J connectivity index is 1.66. The van der Waals surface area contributed by atoms with Crippen LogP contribution in [0.4, 0.5) is 11.6 Å². The summed E-state index contributed by atoms with van der Waals surface area (Å²) in [6.07, 6.45) is 8.09. The summed E-state index contributed by atoms with van der Waals surface area (Å²) in [4.78, 5) is 11.1. The number of nitrogen functional groups attached to an aromatic ring is 1. The predicted octanol–water partition coefficient (Wildman–Crippen LogP) is 1.21. The van der Waals surface area contributed by atoms with Gasteiger partial charge in [-0.05, 0) is 19.4 Å². The SMILES string of the molecule is CCN(CCNc1nc(N)cn2ccnc12)C1CC1. The summed E-state index contributed by atoms with van der Waals surface area (Å²) in [5, 5.41) is 3.35. The van der Waals surface area contributed by atoms with E-state index >= 15 is 0 Å². The molecule has 3 N–H and O–H groups in total. The van der Waals surface area contributed by atoms with Crippen LogP contribution in [0.25, 0.3) is 5.65 Å². The van der Waals surface area contributed by atoms with E-state index in [2.05, 4.69) is 27.1 Å². The maximum absolute atomic E-state index is 5.79. The number of hydrogen-bond donors (Lipinski definition) is 2. The Kier molecular flexibility index (Phi) is 3.25. The van der Waals surface area contributed by atoms with E-state index in [0.717, 1.165) is 37.1 Å². The lowest BCUT2D eigenvalue weighted by atomic mass is 10.4. The van der Waals surface area contributed by atoms with E-state index in [1.54, 1.807) is 12.4 Å². The Hall–Kier alpha value is -1.82. The molecule has 0 aromatic carbocycles. The summed E-state index contributed by atoms with van der Waals surface area (Å²) >= 11 is 0. The Morgan fingerprint density at radius 3 is 3.11 bits per heavy atom. The number of anilines is 2. The molecule has 0 aliphatic heterocycles. The van der Waals surface area contributed by atoms with Crippen molar-refractivity contribution in [2.75, 3.05) is 30.7 Å². The minimum atomic E-state index is 0.502. The second-order valence-corrected chi connectivity index (χ2v) is 4.96. The quantitative estimate of drug-likeness (QED) is 0.817. The van der Waals surface area contributed by atoms with Gasteiger partial charge in [-0.1, -0.05) is 6.92 Å². The van der Waals surface area contributed by atoms with Crippen LogP contribution in [0, 0.1) is 0 Å². The van der Waals surface area contributed by atoms with Crippen molar-refractivity contribution in [3.05, 3.63) is 18.6 Å². The van der Waals surface area contributed by atoms with Crippen molar-refractivity contribution in [1.29, 1.82) is 0 Å². The first-order chi connectivity index (χ1) is 9.28. The number of nitrogens with one attached hydrogen (secondary N) is 1. The van der Waals surface area contributed by atoms with Gasteiger partial charge in [0.15, 0.2) is 11.5 Å². The molecule has 0 amide bonds. The molecule has 2 heterocycles. The lowest BCUT2D eigenvalue weighted by Gasteiger charge is -2.20. The second-order valence-electron chi connectivity index (χ2n) is 4.96. The summed E-state index contributed by atoms with van der Waals surface area (Å²) in [5.74, 6) is 1.26. The molecule has 0 radical (unpaired) electrons. The third kappa shape index (κ3) is 2.63. The van der Waals surface area contributed by atoms with Crippen molar-refractivity contribution in [3.8, 4) is 0 Å². The van der Waals surface area contributed by atoms with E-state index in [-0.39, 0.29) is 0 Å². The van der Waals surface area contributed by atoms with E-state index in [9.17, 15) is 0 Å². The zero-order valence-corrected chi connectivity index (χ0v) is 11.2. The Labute approximate surface area is 112 Å². The number of hydrogen-bond acceptors (Lipinski definition) is 5. The molecule has 19 heavy (non-hydrogen) atoms. The van der Waals surface area contributed by atoms with Crippen LogP contribution in [-0.4, -0.2) is 44.9 Å². The van der Waals surface area contributed by atoms with Crippen LogP contribution in [0.2, 0.25) is 0 Å². The Morgan fingerprint density at radius 1 is 1.53 bits per heavy atom. The van der Waals surface area contributed by atoms with Gasteiger partial charge >= 0.3 is 0 Å². The van der Waals surface area contributed by atoms with Crippen LogP contribution in [0.3, 0.4) is 0 Å². The van der Waals surface area contributed by atoms with Crippen LogP contribution < -0.4 is 11.1 Å². The molecular weight excluding hydrogens is 240 g/mol. The summed E-state index contributed by atoms with van der Waals surface area (Å²) in [5.41, 5.74) is 6.61. The molecule has 1 aliphatic rings. The third-order valence-corrected chi connectivity index (χ3v) is 3.55. The number of imidazole rings is 1. The molecule has 6 nitrogen and oxygen atoms in total. The van der Waals surface area contributed by atoms with E-state index in [4.69, 9.17) is 5.73 Å². The number of rotatable bonds is 6. The predicted molar refractivity (Wildman–Crippen MR) is 76.2 cm³/mol. The monoisotopic (exact) mass is 260 g/mol. The van der Waals surface area contributed by atoms with Crippen molar-refractivity contribution in [2.45, 2.75) is 25.8 Å². The molecule has 0 spiro atoms. The van der Waals surface area contributed by atoms with Crippen LogP contribution >= 0.6 is 0 Å². The fourth-order valence-corrected chi connectivity index (χ4v) is 2.43. The van der Waals surface area contributed by atoms with Crippen LogP contribution in [-0.2, 0) is 0 Å². The van der Waals surface area contributed by atoms with Gasteiger partial charge in [-0.2, -0.15) is 0 Å². The molecule has 3 rings (SSSR count). The van der Waals surface area contributed by atoms with Gasteiger partial charge in [-0.15, -0.1) is 0 Å². The molecule has 0 bridgehead atoms. The molecule has 6 heteroatoms. The molecule has 102 valence electrons. The average Bonchev–Trinajstić information content (AvgIpc) is 3.12. The summed E-state index contributed by atoms with van der Waals surface area (Å²) in [6, 6.07) is 0.798. The van der Waals surface area contributed by atoms with Gasteiger partial charge in [0.05, 0.1) is 6.20 Å². The Morgan fingerprint density at radius 2 is 2.37 bits per heavy atom. The van der Waals surface area contributed by atoms with Crippen molar-refractivity contribution in [3.63, 3.8) is 0 Å². The zero-order valence-electron chi connectivity index (χ0n) is 11.2. The molecule has 0 unspecified atom stereocenters. The molecule has 1 fully saturated rings. The van der Waals surface area contributed by atoms with Gasteiger partial charge in [-0.25, -0.2) is 9.97 Å². The maximum atomic E-state index is 5.79. The van der Waals surface area contributed by atoms with Crippen LogP contribution in [0.15, 0.2) is 18.6 Å². The highest BCUT2D eigenvalue weighted by Gasteiger charge is 2.27. The van der Waals surface area contributed by atoms with Crippen LogP contribution in [0.5, 0.6) is 0 Å². The second kappa shape index (κ2) is 5.05. The molecule has 2 aromatic heterocycles. The Bertz CT molecular complexity index is 559. The largest absolute Gasteiger partial charge is 0.382 e. The van der Waals surface area contributed by atoms with Crippen molar-refractivity contribution >= 4 is 17.3 Å². The number of likely N-dealkylation sites (N-methyl/N-ethyl adjacent to an activating group) is 1. The smallest absolute Gasteiger partial charge is 0.180 e. The first kappa shape index (κ1) is 12.2. The number of nitrogens with two attached hydrogens (primary N) is 1. The average molecular weight is 260 g/mol. The first-order valence-corrected chi connectivity index (χ1v) is 6.85. The van der Waals surface area contributed by atoms with Crippen LogP contribution in [0.1, 0.15) is 19.8 Å². The molecule has 1 saturated carbocycles. The standard InChI is InChI=1S/C13H20N6/c1-2-18(10-3-4-10)7-5-15-12-13-16-6-8-19(13)9-11(14)17-12/h6,8-10H,2-5,7,14H2,1H3,(H,15,17). The number of fused-ring (bicyclic) bond motifs is 1. The first-order valence-electron chi connectivity index (χ1n) is 6.85. The molecule has 1 aliphatic carbocycles. The maximum Gasteiger partial charge on any atom is 0.180 e. The lowest BCUT2D eigenvalue weighted by molar-refractivity contribution is 0.289. The molecule has 0 saturated heterocycles.